The maximum Gasteiger partial charge on any atom is 0.235 e. The van der Waals surface area contributed by atoms with Gasteiger partial charge in [0.05, 0.1) is 7.11 Å². The van der Waals surface area contributed by atoms with Gasteiger partial charge in [0.1, 0.15) is 17.0 Å². The van der Waals surface area contributed by atoms with Crippen LogP contribution < -0.4 is 4.74 Å². The third-order valence-corrected chi connectivity index (χ3v) is 4.97. The Morgan fingerprint density at radius 2 is 1.88 bits per heavy atom. The molecule has 5 aromatic rings. The van der Waals surface area contributed by atoms with E-state index in [0.717, 1.165) is 32.9 Å². The highest BCUT2D eigenvalue weighted by Crippen LogP contribution is 2.30. The number of para-hydroxylation sites is 1. The van der Waals surface area contributed by atoms with Crippen molar-refractivity contribution in [2.45, 2.75) is 0 Å². The van der Waals surface area contributed by atoms with Crippen molar-refractivity contribution in [1.82, 2.24) is 29.8 Å². The van der Waals surface area contributed by atoms with E-state index in [2.05, 4.69) is 20.3 Å². The Morgan fingerprint density at radius 1 is 1.00 bits per heavy atom. The Bertz CT molecular complexity index is 1230. The van der Waals surface area contributed by atoms with Gasteiger partial charge < -0.3 is 4.74 Å². The fourth-order valence-electron chi connectivity index (χ4n) is 2.81. The van der Waals surface area contributed by atoms with Gasteiger partial charge in [-0.2, -0.15) is 9.61 Å². The molecule has 26 heavy (non-hydrogen) atoms. The first-order valence-corrected chi connectivity index (χ1v) is 8.72. The van der Waals surface area contributed by atoms with E-state index in [0.29, 0.717) is 10.8 Å². The topological polar surface area (TPSA) is 78.1 Å². The monoisotopic (exact) mass is 360 g/mol. The van der Waals surface area contributed by atoms with E-state index in [9.17, 15) is 0 Å². The van der Waals surface area contributed by atoms with Gasteiger partial charge in [0.15, 0.2) is 10.8 Å². The summed E-state index contributed by atoms with van der Waals surface area (Å²) in [7, 11) is 1.65. The van der Waals surface area contributed by atoms with E-state index in [1.807, 2.05) is 42.5 Å². The number of rotatable bonds is 3. The van der Waals surface area contributed by atoms with E-state index in [1.54, 1.807) is 24.0 Å². The van der Waals surface area contributed by atoms with Gasteiger partial charge in [-0.15, -0.1) is 10.2 Å². The van der Waals surface area contributed by atoms with Crippen LogP contribution in [0.1, 0.15) is 0 Å². The van der Waals surface area contributed by atoms with Gasteiger partial charge in [0.25, 0.3) is 0 Å². The van der Waals surface area contributed by atoms with E-state index in [1.165, 1.54) is 11.3 Å². The highest BCUT2D eigenvalue weighted by atomic mass is 32.1. The Morgan fingerprint density at radius 3 is 2.73 bits per heavy atom. The standard InChI is InChI=1S/C18H12N6OS/c1-25-14-4-2-3-11-5-6-13(20-15(11)14)17-23-24-16(21-22-18(24)26-17)12-7-9-19-10-8-12/h2-10H,1H3. The quantitative estimate of drug-likeness (QED) is 0.490. The van der Waals surface area contributed by atoms with Crippen molar-refractivity contribution in [2.75, 3.05) is 7.11 Å². The second-order valence-corrected chi connectivity index (χ2v) is 6.55. The van der Waals surface area contributed by atoms with Crippen molar-refractivity contribution >= 4 is 27.2 Å². The lowest BCUT2D eigenvalue weighted by atomic mass is 10.2. The average molecular weight is 360 g/mol. The number of fused-ring (bicyclic) bond motifs is 2. The zero-order chi connectivity index (χ0) is 17.5. The number of methoxy groups -OCH3 is 1. The molecular weight excluding hydrogens is 348 g/mol. The molecule has 0 aliphatic carbocycles. The van der Waals surface area contributed by atoms with Crippen molar-refractivity contribution in [1.29, 1.82) is 0 Å². The number of pyridine rings is 2. The summed E-state index contributed by atoms with van der Waals surface area (Å²) in [5.74, 6) is 1.42. The van der Waals surface area contributed by atoms with Gasteiger partial charge in [-0.25, -0.2) is 4.98 Å². The smallest absolute Gasteiger partial charge is 0.235 e. The third-order valence-electron chi connectivity index (χ3n) is 4.05. The predicted octanol–water partition coefficient (Wildman–Crippen LogP) is 3.47. The van der Waals surface area contributed by atoms with Gasteiger partial charge in [-0.1, -0.05) is 29.5 Å². The highest BCUT2D eigenvalue weighted by molar-refractivity contribution is 7.19. The first-order valence-electron chi connectivity index (χ1n) is 7.90. The van der Waals surface area contributed by atoms with E-state index in [-0.39, 0.29) is 0 Å². The van der Waals surface area contributed by atoms with Gasteiger partial charge in [0, 0.05) is 23.3 Å². The summed E-state index contributed by atoms with van der Waals surface area (Å²) in [4.78, 5) is 9.50. The molecule has 4 heterocycles. The Labute approximate surface area is 151 Å². The minimum Gasteiger partial charge on any atom is -0.494 e. The number of aromatic nitrogens is 6. The second kappa shape index (κ2) is 5.85. The van der Waals surface area contributed by atoms with Crippen LogP contribution in [0.15, 0.2) is 54.9 Å². The van der Waals surface area contributed by atoms with Crippen molar-refractivity contribution in [3.63, 3.8) is 0 Å². The second-order valence-electron chi connectivity index (χ2n) is 5.59. The van der Waals surface area contributed by atoms with Crippen molar-refractivity contribution < 1.29 is 4.74 Å². The van der Waals surface area contributed by atoms with Crippen molar-refractivity contribution in [3.05, 3.63) is 54.9 Å². The lowest BCUT2D eigenvalue weighted by molar-refractivity contribution is 0.419. The molecule has 0 aliphatic rings. The van der Waals surface area contributed by atoms with Crippen LogP contribution in [0.25, 0.3) is 38.0 Å². The van der Waals surface area contributed by atoms with Crippen LogP contribution in [0.4, 0.5) is 0 Å². The molecule has 7 nitrogen and oxygen atoms in total. The van der Waals surface area contributed by atoms with Crippen LogP contribution >= 0.6 is 11.3 Å². The summed E-state index contributed by atoms with van der Waals surface area (Å²) in [6.45, 7) is 0. The van der Waals surface area contributed by atoms with Crippen LogP contribution in [0.3, 0.4) is 0 Å². The van der Waals surface area contributed by atoms with Gasteiger partial charge in [-0.05, 0) is 24.3 Å². The zero-order valence-electron chi connectivity index (χ0n) is 13.7. The molecule has 4 aromatic heterocycles. The molecule has 0 fully saturated rings. The van der Waals surface area contributed by atoms with Gasteiger partial charge in [-0.3, -0.25) is 4.98 Å². The van der Waals surface area contributed by atoms with Crippen LogP contribution in [-0.2, 0) is 0 Å². The van der Waals surface area contributed by atoms with E-state index < -0.39 is 0 Å². The lowest BCUT2D eigenvalue weighted by Gasteiger charge is -2.05. The van der Waals surface area contributed by atoms with Crippen LogP contribution in [0.5, 0.6) is 5.75 Å². The molecule has 0 saturated heterocycles. The minimum atomic E-state index is 0.684. The van der Waals surface area contributed by atoms with Crippen LogP contribution in [0, 0.1) is 0 Å². The Balaban J connectivity index is 1.66. The number of benzene rings is 1. The normalized spacial score (nSPS) is 11.3. The summed E-state index contributed by atoms with van der Waals surface area (Å²) in [6.07, 6.45) is 3.45. The molecule has 0 amide bonds. The molecule has 0 bridgehead atoms. The van der Waals surface area contributed by atoms with Crippen LogP contribution in [-0.4, -0.2) is 36.9 Å². The maximum atomic E-state index is 5.43. The molecule has 0 saturated carbocycles. The SMILES string of the molecule is COc1cccc2ccc(-c3nn4c(-c5ccncc5)nnc4s3)nc12. The summed E-state index contributed by atoms with van der Waals surface area (Å²) in [6, 6.07) is 13.6. The molecule has 0 atom stereocenters. The van der Waals surface area contributed by atoms with E-state index in [4.69, 9.17) is 9.72 Å². The van der Waals surface area contributed by atoms with Gasteiger partial charge >= 0.3 is 0 Å². The largest absolute Gasteiger partial charge is 0.494 e. The first kappa shape index (κ1) is 14.9. The minimum absolute atomic E-state index is 0.684. The summed E-state index contributed by atoms with van der Waals surface area (Å²) in [5, 5.41) is 14.9. The highest BCUT2D eigenvalue weighted by Gasteiger charge is 2.15. The average Bonchev–Trinajstić information content (AvgIpc) is 3.28. The van der Waals surface area contributed by atoms with E-state index >= 15 is 0 Å². The third kappa shape index (κ3) is 2.31. The van der Waals surface area contributed by atoms with Crippen molar-refractivity contribution in [3.8, 4) is 27.8 Å². The number of nitrogens with zero attached hydrogens (tertiary/aromatic N) is 6. The maximum absolute atomic E-state index is 5.43. The molecule has 8 heteroatoms. The summed E-state index contributed by atoms with van der Waals surface area (Å²) < 4.78 is 7.17. The van der Waals surface area contributed by atoms with Gasteiger partial charge in [0.2, 0.25) is 4.96 Å². The summed E-state index contributed by atoms with van der Waals surface area (Å²) >= 11 is 1.45. The predicted molar refractivity (Wildman–Crippen MR) is 99.2 cm³/mol. The molecular formula is C18H12N6OS. The Hall–Kier alpha value is -3.39. The number of hydrogen-bond acceptors (Lipinski definition) is 7. The number of ether oxygens (including phenoxy) is 1. The van der Waals surface area contributed by atoms with Crippen LogP contribution in [0.2, 0.25) is 0 Å². The molecule has 0 radical (unpaired) electrons. The molecule has 5 rings (SSSR count). The molecule has 0 aliphatic heterocycles. The lowest BCUT2D eigenvalue weighted by Crippen LogP contribution is -1.93. The molecule has 0 N–H and O–H groups in total. The number of hydrogen-bond donors (Lipinski definition) is 0. The Kier molecular flexibility index (Phi) is 3.36. The molecule has 126 valence electrons. The zero-order valence-corrected chi connectivity index (χ0v) is 14.5. The first-order chi connectivity index (χ1) is 12.8. The van der Waals surface area contributed by atoms with Crippen molar-refractivity contribution in [2.24, 2.45) is 0 Å². The molecule has 1 aromatic carbocycles. The molecule has 0 unspecified atom stereocenters. The fraction of sp³-hybridized carbons (Fsp3) is 0.0556. The summed E-state index contributed by atoms with van der Waals surface area (Å²) in [5.41, 5.74) is 2.50. The molecule has 0 spiro atoms. The fourth-order valence-corrected chi connectivity index (χ4v) is 3.61.